The number of rotatable bonds is 7. The quantitative estimate of drug-likeness (QED) is 0.351. The highest BCUT2D eigenvalue weighted by molar-refractivity contribution is 7.92. The number of hydrogen-bond acceptors (Lipinski definition) is 4. The first-order chi connectivity index (χ1) is 15.8. The molecule has 0 unspecified atom stereocenters. The molecule has 3 aromatic rings. The van der Waals surface area contributed by atoms with Crippen molar-refractivity contribution in [1.82, 2.24) is 0 Å². The summed E-state index contributed by atoms with van der Waals surface area (Å²) in [5, 5.41) is 2.46. The zero-order chi connectivity index (χ0) is 25.1. The Kier molecular flexibility index (Phi) is 7.87. The Morgan fingerprint density at radius 1 is 0.912 bits per heavy atom. The Labute approximate surface area is 207 Å². The van der Waals surface area contributed by atoms with Crippen LogP contribution in [0.1, 0.15) is 5.56 Å². The molecule has 34 heavy (non-hydrogen) atoms. The van der Waals surface area contributed by atoms with Gasteiger partial charge in [0.1, 0.15) is 5.75 Å². The van der Waals surface area contributed by atoms with Crippen LogP contribution in [0.5, 0.6) is 5.75 Å². The van der Waals surface area contributed by atoms with Crippen molar-refractivity contribution in [2.24, 2.45) is 0 Å². The average molecular weight is 554 g/mol. The molecule has 0 aliphatic carbocycles. The highest BCUT2D eigenvalue weighted by atomic mass is 35.5. The van der Waals surface area contributed by atoms with Gasteiger partial charge in [-0.2, -0.15) is 13.2 Å². The van der Waals surface area contributed by atoms with Gasteiger partial charge in [-0.05, 0) is 60.7 Å². The van der Waals surface area contributed by atoms with E-state index in [1.54, 1.807) is 0 Å². The van der Waals surface area contributed by atoms with Crippen molar-refractivity contribution in [3.63, 3.8) is 0 Å². The minimum absolute atomic E-state index is 0.0163. The minimum atomic E-state index is -4.61. The predicted octanol–water partition coefficient (Wildman–Crippen LogP) is 6.48. The Bertz CT molecular complexity index is 1320. The Morgan fingerprint density at radius 2 is 1.59 bits per heavy atom. The van der Waals surface area contributed by atoms with E-state index in [1.807, 2.05) is 0 Å². The van der Waals surface area contributed by atoms with Crippen LogP contribution in [0.25, 0.3) is 0 Å². The van der Waals surface area contributed by atoms with Gasteiger partial charge in [0.25, 0.3) is 15.9 Å². The van der Waals surface area contributed by atoms with Crippen molar-refractivity contribution in [1.29, 1.82) is 0 Å². The fourth-order valence-electron chi connectivity index (χ4n) is 2.62. The van der Waals surface area contributed by atoms with E-state index in [2.05, 4.69) is 10.0 Å². The summed E-state index contributed by atoms with van der Waals surface area (Å²) in [6.07, 6.45) is -4.61. The Balaban J connectivity index is 1.66. The zero-order valence-corrected chi connectivity index (χ0v) is 19.9. The van der Waals surface area contributed by atoms with E-state index in [0.29, 0.717) is 11.1 Å². The number of amides is 1. The summed E-state index contributed by atoms with van der Waals surface area (Å²) in [5.41, 5.74) is -0.947. The molecule has 2 N–H and O–H groups in total. The van der Waals surface area contributed by atoms with Crippen molar-refractivity contribution in [3.8, 4) is 5.75 Å². The van der Waals surface area contributed by atoms with E-state index in [-0.39, 0.29) is 32.1 Å². The van der Waals surface area contributed by atoms with Crippen molar-refractivity contribution in [2.75, 3.05) is 16.6 Å². The normalized spacial score (nSPS) is 11.7. The van der Waals surface area contributed by atoms with Crippen LogP contribution >= 0.6 is 34.8 Å². The number of sulfonamides is 1. The summed E-state index contributed by atoms with van der Waals surface area (Å²) in [5.74, 6) is -0.823. The van der Waals surface area contributed by atoms with Crippen LogP contribution in [0.15, 0.2) is 65.6 Å². The smallest absolute Gasteiger partial charge is 0.416 e. The Hall–Kier alpha value is -2.66. The van der Waals surface area contributed by atoms with E-state index in [0.717, 1.165) is 18.2 Å². The van der Waals surface area contributed by atoms with Gasteiger partial charge in [0.15, 0.2) is 6.61 Å². The summed E-state index contributed by atoms with van der Waals surface area (Å²) in [6.45, 7) is -0.624. The third kappa shape index (κ3) is 6.69. The summed E-state index contributed by atoms with van der Waals surface area (Å²) in [7, 11) is -3.98. The fourth-order valence-corrected chi connectivity index (χ4v) is 4.30. The highest BCUT2D eigenvalue weighted by Crippen LogP contribution is 2.34. The summed E-state index contributed by atoms with van der Waals surface area (Å²) >= 11 is 17.7. The lowest BCUT2D eigenvalue weighted by molar-refractivity contribution is -0.137. The molecule has 0 saturated carbocycles. The molecule has 3 rings (SSSR count). The summed E-state index contributed by atoms with van der Waals surface area (Å²) in [6, 6.07) is 12.0. The first-order valence-electron chi connectivity index (χ1n) is 9.22. The van der Waals surface area contributed by atoms with Gasteiger partial charge in [0.05, 0.1) is 26.2 Å². The molecule has 0 bridgehead atoms. The van der Waals surface area contributed by atoms with Gasteiger partial charge in [-0.3, -0.25) is 9.52 Å². The van der Waals surface area contributed by atoms with Gasteiger partial charge in [-0.1, -0.05) is 34.8 Å². The van der Waals surface area contributed by atoms with Gasteiger partial charge < -0.3 is 10.1 Å². The number of anilines is 2. The van der Waals surface area contributed by atoms with E-state index < -0.39 is 34.3 Å². The maximum absolute atomic E-state index is 12.9. The van der Waals surface area contributed by atoms with E-state index in [4.69, 9.17) is 39.5 Å². The Morgan fingerprint density at radius 3 is 2.21 bits per heavy atom. The average Bonchev–Trinajstić information content (AvgIpc) is 2.75. The van der Waals surface area contributed by atoms with Gasteiger partial charge in [-0.15, -0.1) is 0 Å². The number of ether oxygens (including phenoxy) is 1. The van der Waals surface area contributed by atoms with Crippen LogP contribution in [-0.2, 0) is 21.0 Å². The van der Waals surface area contributed by atoms with Gasteiger partial charge in [0, 0.05) is 10.7 Å². The highest BCUT2D eigenvalue weighted by Gasteiger charge is 2.31. The molecule has 13 heteroatoms. The number of nitrogens with one attached hydrogen (secondary N) is 2. The van der Waals surface area contributed by atoms with Crippen LogP contribution in [0.4, 0.5) is 24.5 Å². The monoisotopic (exact) mass is 552 g/mol. The van der Waals surface area contributed by atoms with Crippen LogP contribution in [0.2, 0.25) is 15.1 Å². The maximum Gasteiger partial charge on any atom is 0.416 e. The van der Waals surface area contributed by atoms with Gasteiger partial charge >= 0.3 is 6.18 Å². The number of hydrogen-bond donors (Lipinski definition) is 2. The molecule has 0 aliphatic rings. The third-order valence-electron chi connectivity index (χ3n) is 4.24. The standard InChI is InChI=1S/C21H14Cl3F3N2O4S/c22-13-2-4-14(5-3-13)29-34(31,32)15-6-8-19(17(24)10-15)33-11-20(30)28-18-9-12(21(25,26)27)1-7-16(18)23/h1-10,29H,11H2,(H,28,30). The maximum atomic E-state index is 12.9. The molecule has 1 amide bonds. The summed E-state index contributed by atoms with van der Waals surface area (Å²) < 4.78 is 71.3. The largest absolute Gasteiger partial charge is 0.482 e. The van der Waals surface area contributed by atoms with Crippen LogP contribution in [-0.4, -0.2) is 20.9 Å². The zero-order valence-electron chi connectivity index (χ0n) is 16.8. The first kappa shape index (κ1) is 26.0. The second kappa shape index (κ2) is 10.3. The lowest BCUT2D eigenvalue weighted by atomic mass is 10.2. The number of benzene rings is 3. The lowest BCUT2D eigenvalue weighted by Gasteiger charge is -2.13. The summed E-state index contributed by atoms with van der Waals surface area (Å²) in [4.78, 5) is 12.0. The second-order valence-electron chi connectivity index (χ2n) is 6.73. The van der Waals surface area contributed by atoms with Gasteiger partial charge in [-0.25, -0.2) is 8.42 Å². The van der Waals surface area contributed by atoms with Crippen LogP contribution in [0.3, 0.4) is 0 Å². The molecule has 0 saturated heterocycles. The number of alkyl halides is 3. The molecule has 0 heterocycles. The predicted molar refractivity (Wildman–Crippen MR) is 124 cm³/mol. The molecule has 3 aromatic carbocycles. The molecule has 6 nitrogen and oxygen atoms in total. The first-order valence-corrected chi connectivity index (χ1v) is 11.8. The molecule has 0 fully saturated rings. The topological polar surface area (TPSA) is 84.5 Å². The molecule has 0 aliphatic heterocycles. The SMILES string of the molecule is O=C(COc1ccc(S(=O)(=O)Nc2ccc(Cl)cc2)cc1Cl)Nc1cc(C(F)(F)F)ccc1Cl. The third-order valence-corrected chi connectivity index (χ3v) is 6.49. The molecular weight excluding hydrogens is 540 g/mol. The minimum Gasteiger partial charge on any atom is -0.482 e. The van der Waals surface area contributed by atoms with E-state index in [9.17, 15) is 26.4 Å². The molecule has 0 radical (unpaired) electrons. The molecular formula is C21H14Cl3F3N2O4S. The van der Waals surface area contributed by atoms with Crippen LogP contribution < -0.4 is 14.8 Å². The number of carbonyl (C=O) groups excluding carboxylic acids is 1. The van der Waals surface area contributed by atoms with Crippen molar-refractivity contribution < 1.29 is 31.1 Å². The molecule has 0 atom stereocenters. The van der Waals surface area contributed by atoms with Gasteiger partial charge in [0.2, 0.25) is 0 Å². The van der Waals surface area contributed by atoms with E-state index in [1.165, 1.54) is 36.4 Å². The lowest BCUT2D eigenvalue weighted by Crippen LogP contribution is -2.21. The van der Waals surface area contributed by atoms with Crippen LogP contribution in [0, 0.1) is 0 Å². The molecule has 0 spiro atoms. The number of halogens is 6. The molecule has 180 valence electrons. The number of carbonyl (C=O) groups is 1. The van der Waals surface area contributed by atoms with Crippen molar-refractivity contribution in [3.05, 3.63) is 81.3 Å². The van der Waals surface area contributed by atoms with Crippen molar-refractivity contribution in [2.45, 2.75) is 11.1 Å². The van der Waals surface area contributed by atoms with Crippen molar-refractivity contribution >= 4 is 62.1 Å². The van der Waals surface area contributed by atoms with E-state index >= 15 is 0 Å². The molecule has 0 aromatic heterocycles. The second-order valence-corrected chi connectivity index (χ2v) is 9.67. The fraction of sp³-hybridized carbons (Fsp3) is 0.0952.